The third-order valence-corrected chi connectivity index (χ3v) is 8.47. The second-order valence-electron chi connectivity index (χ2n) is 9.90. The van der Waals surface area contributed by atoms with Gasteiger partial charge < -0.3 is 14.4 Å². The predicted octanol–water partition coefficient (Wildman–Crippen LogP) is 6.21. The predicted molar refractivity (Wildman–Crippen MR) is 170 cm³/mol. The molecular weight excluding hydrogens is 584 g/mol. The molecule has 1 amide bonds. The summed E-state index contributed by atoms with van der Waals surface area (Å²) in [5.74, 6) is 1.30. The van der Waals surface area contributed by atoms with Crippen LogP contribution in [-0.4, -0.2) is 39.5 Å². The molecule has 1 N–H and O–H groups in total. The number of benzene rings is 4. The van der Waals surface area contributed by atoms with Crippen molar-refractivity contribution >= 4 is 27.5 Å². The molecule has 9 heteroatoms. The average molecular weight is 619 g/mol. The monoisotopic (exact) mass is 618 g/mol. The van der Waals surface area contributed by atoms with Gasteiger partial charge in [0.1, 0.15) is 18.1 Å². The van der Waals surface area contributed by atoms with Gasteiger partial charge in [-0.2, -0.15) is 0 Å². The summed E-state index contributed by atoms with van der Waals surface area (Å²) in [5, 5.41) is 0.550. The van der Waals surface area contributed by atoms with Gasteiger partial charge in [0.2, 0.25) is 15.9 Å². The van der Waals surface area contributed by atoms with Gasteiger partial charge in [-0.25, -0.2) is 13.1 Å². The molecule has 0 aliphatic rings. The third-order valence-electron chi connectivity index (χ3n) is 6.82. The molecular formula is C34H35ClN2O5S. The first-order valence-corrected chi connectivity index (χ1v) is 15.7. The van der Waals surface area contributed by atoms with Crippen LogP contribution in [0, 0.1) is 0 Å². The molecule has 0 fully saturated rings. The van der Waals surface area contributed by atoms with Crippen LogP contribution in [0.25, 0.3) is 0 Å². The van der Waals surface area contributed by atoms with Crippen molar-refractivity contribution in [1.82, 2.24) is 9.62 Å². The summed E-state index contributed by atoms with van der Waals surface area (Å²) < 4.78 is 39.4. The molecule has 0 bridgehead atoms. The number of carbonyl (C=O) groups is 1. The van der Waals surface area contributed by atoms with Crippen molar-refractivity contribution in [3.8, 4) is 11.5 Å². The smallest absolute Gasteiger partial charge is 0.240 e. The van der Waals surface area contributed by atoms with E-state index >= 15 is 0 Å². The van der Waals surface area contributed by atoms with Crippen molar-refractivity contribution in [3.63, 3.8) is 0 Å². The van der Waals surface area contributed by atoms with E-state index in [-0.39, 0.29) is 23.8 Å². The highest BCUT2D eigenvalue weighted by Crippen LogP contribution is 2.25. The number of hydrogen-bond acceptors (Lipinski definition) is 5. The van der Waals surface area contributed by atoms with Crippen molar-refractivity contribution in [2.45, 2.75) is 30.8 Å². The van der Waals surface area contributed by atoms with E-state index in [1.165, 1.54) is 0 Å². The molecule has 0 aliphatic carbocycles. The second kappa shape index (κ2) is 15.4. The number of hydrogen-bond donors (Lipinski definition) is 1. The molecule has 0 saturated heterocycles. The van der Waals surface area contributed by atoms with Crippen LogP contribution in [-0.2, 0) is 40.7 Å². The van der Waals surface area contributed by atoms with E-state index < -0.39 is 10.0 Å². The second-order valence-corrected chi connectivity index (χ2v) is 12.1. The fourth-order valence-electron chi connectivity index (χ4n) is 4.45. The number of halogens is 1. The van der Waals surface area contributed by atoms with Gasteiger partial charge >= 0.3 is 0 Å². The number of methoxy groups -OCH3 is 1. The number of sulfonamides is 1. The quantitative estimate of drug-likeness (QED) is 0.160. The summed E-state index contributed by atoms with van der Waals surface area (Å²) in [5.41, 5.74) is 3.43. The number of nitrogens with zero attached hydrogens (tertiary/aromatic N) is 1. The standard InChI is InChI=1S/C34H35ClN2O5S/c1-3-21-42-33-18-13-30(35)23-29(33)25-37(34(38)22-27-7-5-4-6-8-27)20-19-26-11-16-32(17-12-26)43(39,40)36-24-28-9-14-31(41-2)15-10-28/h3-18,23,36H,1,19-22,24-25H2,2H3. The maximum Gasteiger partial charge on any atom is 0.240 e. The van der Waals surface area contributed by atoms with Gasteiger partial charge in [0.15, 0.2) is 0 Å². The normalized spacial score (nSPS) is 11.1. The summed E-state index contributed by atoms with van der Waals surface area (Å²) in [6, 6.07) is 28.9. The van der Waals surface area contributed by atoms with Crippen LogP contribution in [0.1, 0.15) is 22.3 Å². The fraction of sp³-hybridized carbons (Fsp3) is 0.206. The molecule has 4 aromatic rings. The first-order chi connectivity index (χ1) is 20.8. The molecule has 4 aromatic carbocycles. The van der Waals surface area contributed by atoms with E-state index in [4.69, 9.17) is 21.1 Å². The highest BCUT2D eigenvalue weighted by atomic mass is 35.5. The SMILES string of the molecule is C=CCOc1ccc(Cl)cc1CN(CCc1ccc(S(=O)(=O)NCc2ccc(OC)cc2)cc1)C(=O)Cc1ccccc1. The first kappa shape index (κ1) is 31.8. The Bertz CT molecular complexity index is 1610. The highest BCUT2D eigenvalue weighted by Gasteiger charge is 2.18. The van der Waals surface area contributed by atoms with Gasteiger partial charge in [-0.1, -0.05) is 78.9 Å². The van der Waals surface area contributed by atoms with Crippen molar-refractivity contribution < 1.29 is 22.7 Å². The van der Waals surface area contributed by atoms with E-state index in [0.717, 1.165) is 22.3 Å². The fourth-order valence-corrected chi connectivity index (χ4v) is 5.66. The van der Waals surface area contributed by atoms with Crippen LogP contribution >= 0.6 is 11.6 Å². The Morgan fingerprint density at radius 2 is 1.63 bits per heavy atom. The van der Waals surface area contributed by atoms with E-state index in [0.29, 0.717) is 42.6 Å². The Morgan fingerprint density at radius 1 is 0.930 bits per heavy atom. The van der Waals surface area contributed by atoms with Crippen molar-refractivity contribution in [3.05, 3.63) is 137 Å². The number of carbonyl (C=O) groups excluding carboxylic acids is 1. The highest BCUT2D eigenvalue weighted by molar-refractivity contribution is 7.89. The zero-order valence-corrected chi connectivity index (χ0v) is 25.6. The summed E-state index contributed by atoms with van der Waals surface area (Å²) in [6.07, 6.45) is 2.44. The van der Waals surface area contributed by atoms with E-state index in [9.17, 15) is 13.2 Å². The molecule has 0 spiro atoms. The molecule has 0 saturated carbocycles. The number of nitrogens with one attached hydrogen (secondary N) is 1. The summed E-state index contributed by atoms with van der Waals surface area (Å²) in [6.45, 7) is 4.93. The molecule has 43 heavy (non-hydrogen) atoms. The van der Waals surface area contributed by atoms with Crippen LogP contribution in [0.15, 0.2) is 115 Å². The zero-order valence-electron chi connectivity index (χ0n) is 24.0. The minimum atomic E-state index is -3.71. The Kier molecular flexibility index (Phi) is 11.4. The molecule has 0 aliphatic heterocycles. The van der Waals surface area contributed by atoms with Crippen LogP contribution in [0.5, 0.6) is 11.5 Å². The average Bonchev–Trinajstić information content (AvgIpc) is 3.02. The Hall–Kier alpha value is -4.11. The lowest BCUT2D eigenvalue weighted by atomic mass is 10.1. The number of amides is 1. The van der Waals surface area contributed by atoms with Crippen LogP contribution < -0.4 is 14.2 Å². The lowest BCUT2D eigenvalue weighted by Crippen LogP contribution is -2.34. The molecule has 0 aromatic heterocycles. The molecule has 7 nitrogen and oxygen atoms in total. The molecule has 0 atom stereocenters. The van der Waals surface area contributed by atoms with E-state index in [1.54, 1.807) is 72.7 Å². The largest absolute Gasteiger partial charge is 0.497 e. The van der Waals surface area contributed by atoms with Crippen molar-refractivity contribution in [1.29, 1.82) is 0 Å². The van der Waals surface area contributed by atoms with Crippen LogP contribution in [0.3, 0.4) is 0 Å². The van der Waals surface area contributed by atoms with Gasteiger partial charge in [0.05, 0.1) is 18.4 Å². The minimum absolute atomic E-state index is 0.0391. The van der Waals surface area contributed by atoms with Gasteiger partial charge in [-0.15, -0.1) is 0 Å². The summed E-state index contributed by atoms with van der Waals surface area (Å²) in [4.78, 5) is 15.4. The van der Waals surface area contributed by atoms with Crippen LogP contribution in [0.2, 0.25) is 5.02 Å². The minimum Gasteiger partial charge on any atom is -0.497 e. The Morgan fingerprint density at radius 3 is 2.30 bits per heavy atom. The number of ether oxygens (including phenoxy) is 2. The molecule has 4 rings (SSSR count). The summed E-state index contributed by atoms with van der Waals surface area (Å²) >= 11 is 6.30. The molecule has 0 radical (unpaired) electrons. The van der Waals surface area contributed by atoms with Crippen molar-refractivity contribution in [2.75, 3.05) is 20.3 Å². The number of rotatable bonds is 15. The molecule has 0 heterocycles. The van der Waals surface area contributed by atoms with Gasteiger partial charge in [-0.3, -0.25) is 4.79 Å². The van der Waals surface area contributed by atoms with Crippen LogP contribution in [0.4, 0.5) is 0 Å². The lowest BCUT2D eigenvalue weighted by molar-refractivity contribution is -0.131. The van der Waals surface area contributed by atoms with Gasteiger partial charge in [-0.05, 0) is 65.6 Å². The Labute approximate surface area is 258 Å². The van der Waals surface area contributed by atoms with Gasteiger partial charge in [0, 0.05) is 30.2 Å². The van der Waals surface area contributed by atoms with Gasteiger partial charge in [0.25, 0.3) is 0 Å². The topological polar surface area (TPSA) is 84.9 Å². The van der Waals surface area contributed by atoms with E-state index in [2.05, 4.69) is 11.3 Å². The maximum absolute atomic E-state index is 13.5. The maximum atomic E-state index is 13.5. The lowest BCUT2D eigenvalue weighted by Gasteiger charge is -2.24. The van der Waals surface area contributed by atoms with E-state index in [1.807, 2.05) is 42.5 Å². The zero-order chi connectivity index (χ0) is 30.7. The molecule has 224 valence electrons. The van der Waals surface area contributed by atoms with Crippen molar-refractivity contribution in [2.24, 2.45) is 0 Å². The molecule has 0 unspecified atom stereocenters. The Balaban J connectivity index is 1.45. The summed E-state index contributed by atoms with van der Waals surface area (Å²) in [7, 11) is -2.13. The third kappa shape index (κ3) is 9.44. The first-order valence-electron chi connectivity index (χ1n) is 13.8.